The normalized spacial score (nSPS) is 17.8. The van der Waals surface area contributed by atoms with Crippen molar-refractivity contribution in [2.75, 3.05) is 29.9 Å². The molecule has 1 aliphatic heterocycles. The third-order valence-electron chi connectivity index (χ3n) is 5.49. The van der Waals surface area contributed by atoms with E-state index < -0.39 is 0 Å². The van der Waals surface area contributed by atoms with Crippen LogP contribution in [0.3, 0.4) is 0 Å². The molecule has 4 nitrogen and oxygen atoms in total. The minimum absolute atomic E-state index is 0.0710. The molecule has 0 radical (unpaired) electrons. The van der Waals surface area contributed by atoms with E-state index in [9.17, 15) is 4.79 Å². The van der Waals surface area contributed by atoms with E-state index >= 15 is 0 Å². The van der Waals surface area contributed by atoms with Crippen molar-refractivity contribution in [3.8, 4) is 0 Å². The molecule has 2 N–H and O–H groups in total. The van der Waals surface area contributed by atoms with E-state index in [4.69, 9.17) is 11.6 Å². The van der Waals surface area contributed by atoms with Gasteiger partial charge in [0.1, 0.15) is 0 Å². The molecule has 1 heterocycles. The van der Waals surface area contributed by atoms with Gasteiger partial charge < -0.3 is 15.5 Å². The van der Waals surface area contributed by atoms with Crippen LogP contribution in [0.15, 0.2) is 48.5 Å². The molecule has 0 bridgehead atoms. The molecule has 0 spiro atoms. The third kappa shape index (κ3) is 3.80. The summed E-state index contributed by atoms with van der Waals surface area (Å²) < 4.78 is 0. The minimum atomic E-state index is -0.154. The number of carbonyl (C=O) groups excluding carboxylic acids is 1. The van der Waals surface area contributed by atoms with E-state index in [0.29, 0.717) is 6.54 Å². The first kappa shape index (κ1) is 17.2. The molecule has 2 aromatic rings. The summed E-state index contributed by atoms with van der Waals surface area (Å²) in [6, 6.07) is 15.9. The number of rotatable bonds is 5. The molecule has 0 aromatic heterocycles. The maximum Gasteiger partial charge on any atom is 0.319 e. The number of nitrogens with zero attached hydrogens (tertiary/aromatic N) is 1. The lowest BCUT2D eigenvalue weighted by Gasteiger charge is -2.19. The summed E-state index contributed by atoms with van der Waals surface area (Å²) in [4.78, 5) is 14.6. The van der Waals surface area contributed by atoms with Crippen molar-refractivity contribution >= 4 is 29.0 Å². The van der Waals surface area contributed by atoms with E-state index in [0.717, 1.165) is 36.6 Å². The second kappa shape index (κ2) is 7.20. The highest BCUT2D eigenvalue weighted by Crippen LogP contribution is 2.47. The van der Waals surface area contributed by atoms with Crippen LogP contribution in [-0.4, -0.2) is 25.7 Å². The zero-order valence-electron chi connectivity index (χ0n) is 14.8. The van der Waals surface area contributed by atoms with Crippen LogP contribution in [0.4, 0.5) is 16.2 Å². The Bertz CT molecular complexity index is 763. The first-order valence-corrected chi connectivity index (χ1v) is 9.68. The molecule has 1 saturated carbocycles. The molecule has 1 aliphatic carbocycles. The van der Waals surface area contributed by atoms with Gasteiger partial charge in [-0.05, 0) is 67.6 Å². The molecule has 5 heteroatoms. The third-order valence-corrected chi connectivity index (χ3v) is 5.75. The van der Waals surface area contributed by atoms with Crippen LogP contribution in [0.2, 0.25) is 5.02 Å². The molecule has 0 atom stereocenters. The van der Waals surface area contributed by atoms with Crippen molar-refractivity contribution in [3.63, 3.8) is 0 Å². The fourth-order valence-electron chi connectivity index (χ4n) is 3.68. The van der Waals surface area contributed by atoms with Crippen LogP contribution >= 0.6 is 11.6 Å². The lowest BCUT2D eigenvalue weighted by molar-refractivity contribution is 0.251. The van der Waals surface area contributed by atoms with Gasteiger partial charge in [-0.2, -0.15) is 0 Å². The molecule has 26 heavy (non-hydrogen) atoms. The topological polar surface area (TPSA) is 44.4 Å². The van der Waals surface area contributed by atoms with Crippen LogP contribution in [0, 0.1) is 0 Å². The molecule has 136 valence electrons. The number of carbonyl (C=O) groups is 1. The van der Waals surface area contributed by atoms with E-state index in [1.165, 1.54) is 24.1 Å². The van der Waals surface area contributed by atoms with Gasteiger partial charge in [-0.1, -0.05) is 23.7 Å². The number of hydrogen-bond acceptors (Lipinski definition) is 2. The van der Waals surface area contributed by atoms with Crippen molar-refractivity contribution in [1.29, 1.82) is 0 Å². The number of anilines is 2. The van der Waals surface area contributed by atoms with E-state index in [1.807, 2.05) is 24.3 Å². The maximum atomic E-state index is 12.3. The quantitative estimate of drug-likeness (QED) is 0.795. The molecular weight excluding hydrogens is 346 g/mol. The monoisotopic (exact) mass is 369 g/mol. The van der Waals surface area contributed by atoms with Gasteiger partial charge in [0.25, 0.3) is 0 Å². The Hall–Kier alpha value is -2.20. The Balaban J connectivity index is 1.30. The Morgan fingerprint density at radius 1 is 1.00 bits per heavy atom. The SMILES string of the molecule is O=C(NCC1(c2ccc(Cl)cc2)CC1)Nc1ccc(N2CCCC2)cc1. The molecule has 1 saturated heterocycles. The average Bonchev–Trinajstić information content (AvgIpc) is 3.24. The lowest BCUT2D eigenvalue weighted by Crippen LogP contribution is -2.35. The van der Waals surface area contributed by atoms with Crippen LogP contribution in [0.1, 0.15) is 31.2 Å². The molecule has 4 rings (SSSR count). The molecule has 2 amide bonds. The maximum absolute atomic E-state index is 12.3. The van der Waals surface area contributed by atoms with Gasteiger partial charge in [-0.15, -0.1) is 0 Å². The number of urea groups is 1. The smallest absolute Gasteiger partial charge is 0.319 e. The Morgan fingerprint density at radius 3 is 2.27 bits per heavy atom. The molecule has 2 aromatic carbocycles. The molecule has 2 aliphatic rings. The highest BCUT2D eigenvalue weighted by Gasteiger charge is 2.44. The van der Waals surface area contributed by atoms with Gasteiger partial charge in [0.2, 0.25) is 0 Å². The predicted molar refractivity (Wildman–Crippen MR) is 107 cm³/mol. The van der Waals surface area contributed by atoms with E-state index in [-0.39, 0.29) is 11.4 Å². The van der Waals surface area contributed by atoms with Crippen molar-refractivity contribution in [1.82, 2.24) is 5.32 Å². The fourth-order valence-corrected chi connectivity index (χ4v) is 3.80. The summed E-state index contributed by atoms with van der Waals surface area (Å²) in [5, 5.41) is 6.70. The van der Waals surface area contributed by atoms with Crippen LogP contribution in [-0.2, 0) is 5.41 Å². The first-order valence-electron chi connectivity index (χ1n) is 9.31. The van der Waals surface area contributed by atoms with Crippen LogP contribution in [0.25, 0.3) is 0 Å². The summed E-state index contributed by atoms with van der Waals surface area (Å²) in [6.07, 6.45) is 4.72. The fraction of sp³-hybridized carbons (Fsp3) is 0.381. The number of benzene rings is 2. The van der Waals surface area contributed by atoms with Gasteiger partial charge in [0.15, 0.2) is 0 Å². The van der Waals surface area contributed by atoms with E-state index in [1.54, 1.807) is 0 Å². The lowest BCUT2D eigenvalue weighted by atomic mass is 9.96. The van der Waals surface area contributed by atoms with E-state index in [2.05, 4.69) is 39.8 Å². The zero-order valence-corrected chi connectivity index (χ0v) is 15.6. The summed E-state index contributed by atoms with van der Waals surface area (Å²) >= 11 is 5.97. The summed E-state index contributed by atoms with van der Waals surface area (Å²) in [7, 11) is 0. The highest BCUT2D eigenvalue weighted by atomic mass is 35.5. The number of halogens is 1. The number of nitrogens with one attached hydrogen (secondary N) is 2. The molecular formula is C21H24ClN3O. The van der Waals surface area contributed by atoms with Crippen LogP contribution < -0.4 is 15.5 Å². The predicted octanol–water partition coefficient (Wildman–Crippen LogP) is 4.79. The number of hydrogen-bond donors (Lipinski definition) is 2. The Kier molecular flexibility index (Phi) is 4.77. The largest absolute Gasteiger partial charge is 0.372 e. The highest BCUT2D eigenvalue weighted by molar-refractivity contribution is 6.30. The summed E-state index contributed by atoms with van der Waals surface area (Å²) in [6.45, 7) is 2.90. The van der Waals surface area contributed by atoms with Gasteiger partial charge in [-0.3, -0.25) is 0 Å². The second-order valence-corrected chi connectivity index (χ2v) is 7.77. The zero-order chi connectivity index (χ0) is 18.0. The van der Waals surface area contributed by atoms with Crippen molar-refractivity contribution in [2.45, 2.75) is 31.1 Å². The molecule has 2 fully saturated rings. The standard InChI is InChI=1S/C21H24ClN3O/c22-17-5-3-16(4-6-17)21(11-12-21)15-23-20(26)24-18-7-9-19(10-8-18)25-13-1-2-14-25/h3-10H,1-2,11-15H2,(H2,23,24,26). The summed E-state index contributed by atoms with van der Waals surface area (Å²) in [5.41, 5.74) is 3.37. The molecule has 0 unspecified atom stereocenters. The Labute approximate surface area is 159 Å². The van der Waals surface area contributed by atoms with Crippen molar-refractivity contribution < 1.29 is 4.79 Å². The van der Waals surface area contributed by atoms with Gasteiger partial charge in [0.05, 0.1) is 0 Å². The Morgan fingerprint density at radius 2 is 1.65 bits per heavy atom. The second-order valence-electron chi connectivity index (χ2n) is 7.34. The van der Waals surface area contributed by atoms with Crippen molar-refractivity contribution in [3.05, 3.63) is 59.1 Å². The summed E-state index contributed by atoms with van der Waals surface area (Å²) in [5.74, 6) is 0. The van der Waals surface area contributed by atoms with Gasteiger partial charge in [0, 0.05) is 41.4 Å². The van der Waals surface area contributed by atoms with Crippen molar-refractivity contribution in [2.24, 2.45) is 0 Å². The van der Waals surface area contributed by atoms with Crippen LogP contribution in [0.5, 0.6) is 0 Å². The van der Waals surface area contributed by atoms with Gasteiger partial charge >= 0.3 is 6.03 Å². The first-order chi connectivity index (χ1) is 12.6. The minimum Gasteiger partial charge on any atom is -0.372 e. The number of amides is 2. The van der Waals surface area contributed by atoms with Gasteiger partial charge in [-0.25, -0.2) is 4.79 Å². The average molecular weight is 370 g/mol.